The molecule has 2 aromatic carbocycles. The number of esters is 1. The van der Waals surface area contributed by atoms with Crippen LogP contribution in [-0.4, -0.2) is 30.9 Å². The molecule has 1 amide bonds. The van der Waals surface area contributed by atoms with E-state index >= 15 is 0 Å². The van der Waals surface area contributed by atoms with E-state index in [-0.39, 0.29) is 19.0 Å². The van der Waals surface area contributed by atoms with Gasteiger partial charge in [0.1, 0.15) is 5.75 Å². The molecule has 6 heteroatoms. The first-order chi connectivity index (χ1) is 13.4. The number of para-hydroxylation sites is 1. The Hall–Kier alpha value is -3.15. The van der Waals surface area contributed by atoms with Crippen molar-refractivity contribution >= 4 is 23.3 Å². The lowest BCUT2D eigenvalue weighted by molar-refractivity contribution is -0.149. The van der Waals surface area contributed by atoms with E-state index in [0.29, 0.717) is 17.2 Å². The van der Waals surface area contributed by atoms with Gasteiger partial charge in [-0.2, -0.15) is 0 Å². The first-order valence-electron chi connectivity index (χ1n) is 9.19. The van der Waals surface area contributed by atoms with Crippen LogP contribution in [0.1, 0.15) is 49.0 Å². The molecule has 1 N–H and O–H groups in total. The standard InChI is InChI=1S/C22H25NO5/c1-4-15(2)19-7-5-6-8-20(19)23-21(25)13-28-22(26)14-27-18-11-9-17(10-12-18)16(3)24/h5-12,15H,4,13-14H2,1-3H3,(H,23,25)/t15-/m0/s1. The first kappa shape index (κ1) is 21.2. The molecule has 0 aliphatic heterocycles. The van der Waals surface area contributed by atoms with Gasteiger partial charge in [-0.05, 0) is 55.2 Å². The van der Waals surface area contributed by atoms with Crippen molar-refractivity contribution in [2.24, 2.45) is 0 Å². The summed E-state index contributed by atoms with van der Waals surface area (Å²) in [6, 6.07) is 14.0. The summed E-state index contributed by atoms with van der Waals surface area (Å²) >= 11 is 0. The Kier molecular flexibility index (Phi) is 7.75. The minimum Gasteiger partial charge on any atom is -0.482 e. The van der Waals surface area contributed by atoms with Crippen molar-refractivity contribution in [3.63, 3.8) is 0 Å². The third kappa shape index (κ3) is 6.23. The third-order valence-corrected chi connectivity index (χ3v) is 4.36. The molecule has 1 atom stereocenters. The summed E-state index contributed by atoms with van der Waals surface area (Å²) in [5, 5.41) is 2.78. The smallest absolute Gasteiger partial charge is 0.344 e. The van der Waals surface area contributed by atoms with Crippen LogP contribution < -0.4 is 10.1 Å². The maximum atomic E-state index is 12.1. The van der Waals surface area contributed by atoms with Crippen LogP contribution in [0, 0.1) is 0 Å². The van der Waals surface area contributed by atoms with Gasteiger partial charge in [0, 0.05) is 11.3 Å². The van der Waals surface area contributed by atoms with E-state index in [1.807, 2.05) is 24.3 Å². The van der Waals surface area contributed by atoms with Crippen LogP contribution in [0.2, 0.25) is 0 Å². The van der Waals surface area contributed by atoms with Crippen LogP contribution >= 0.6 is 0 Å². The second kappa shape index (κ2) is 10.3. The molecule has 28 heavy (non-hydrogen) atoms. The van der Waals surface area contributed by atoms with E-state index < -0.39 is 11.9 Å². The zero-order valence-corrected chi connectivity index (χ0v) is 16.4. The highest BCUT2D eigenvalue weighted by Gasteiger charge is 2.13. The lowest BCUT2D eigenvalue weighted by Gasteiger charge is -2.15. The molecule has 0 unspecified atom stereocenters. The molecule has 0 radical (unpaired) electrons. The van der Waals surface area contributed by atoms with Crippen molar-refractivity contribution < 1.29 is 23.9 Å². The van der Waals surface area contributed by atoms with E-state index in [0.717, 1.165) is 17.7 Å². The van der Waals surface area contributed by atoms with E-state index in [2.05, 4.69) is 19.2 Å². The monoisotopic (exact) mass is 383 g/mol. The van der Waals surface area contributed by atoms with Gasteiger partial charge in [-0.3, -0.25) is 9.59 Å². The van der Waals surface area contributed by atoms with Crippen LogP contribution in [0.4, 0.5) is 5.69 Å². The molecule has 0 aromatic heterocycles. The fourth-order valence-electron chi connectivity index (χ4n) is 2.56. The molecular formula is C22H25NO5. The highest BCUT2D eigenvalue weighted by molar-refractivity contribution is 5.94. The summed E-state index contributed by atoms with van der Waals surface area (Å²) in [7, 11) is 0. The molecule has 0 aliphatic rings. The second-order valence-electron chi connectivity index (χ2n) is 6.47. The van der Waals surface area contributed by atoms with Gasteiger partial charge in [0.05, 0.1) is 0 Å². The van der Waals surface area contributed by atoms with Crippen molar-refractivity contribution in [1.29, 1.82) is 0 Å². The topological polar surface area (TPSA) is 81.7 Å². The molecule has 2 rings (SSSR count). The van der Waals surface area contributed by atoms with Crippen molar-refractivity contribution in [1.82, 2.24) is 0 Å². The van der Waals surface area contributed by atoms with Gasteiger partial charge in [-0.1, -0.05) is 32.0 Å². The Morgan fingerprint density at radius 2 is 1.68 bits per heavy atom. The number of nitrogens with one attached hydrogen (secondary N) is 1. The van der Waals surface area contributed by atoms with Gasteiger partial charge in [-0.15, -0.1) is 0 Å². The molecule has 0 aliphatic carbocycles. The van der Waals surface area contributed by atoms with Crippen molar-refractivity contribution in [2.45, 2.75) is 33.1 Å². The fourth-order valence-corrected chi connectivity index (χ4v) is 2.56. The molecular weight excluding hydrogens is 358 g/mol. The van der Waals surface area contributed by atoms with Crippen LogP contribution in [0.3, 0.4) is 0 Å². The molecule has 0 heterocycles. The number of ketones is 1. The average molecular weight is 383 g/mol. The van der Waals surface area contributed by atoms with Crippen LogP contribution in [0.5, 0.6) is 5.75 Å². The highest BCUT2D eigenvalue weighted by atomic mass is 16.6. The number of ether oxygens (including phenoxy) is 2. The number of carbonyl (C=O) groups is 3. The maximum Gasteiger partial charge on any atom is 0.344 e. The number of carbonyl (C=O) groups excluding carboxylic acids is 3. The molecule has 0 spiro atoms. The molecule has 0 fully saturated rings. The number of hydrogen-bond acceptors (Lipinski definition) is 5. The minimum atomic E-state index is -0.652. The lowest BCUT2D eigenvalue weighted by Crippen LogP contribution is -2.24. The van der Waals surface area contributed by atoms with E-state index in [9.17, 15) is 14.4 Å². The minimum absolute atomic E-state index is 0.0492. The highest BCUT2D eigenvalue weighted by Crippen LogP contribution is 2.26. The maximum absolute atomic E-state index is 12.1. The van der Waals surface area contributed by atoms with E-state index in [4.69, 9.17) is 9.47 Å². The molecule has 0 saturated carbocycles. The van der Waals surface area contributed by atoms with Gasteiger partial charge in [0.15, 0.2) is 19.0 Å². The number of rotatable bonds is 9. The summed E-state index contributed by atoms with van der Waals surface area (Å²) in [6.07, 6.45) is 0.951. The van der Waals surface area contributed by atoms with Crippen molar-refractivity contribution in [2.75, 3.05) is 18.5 Å². The zero-order valence-electron chi connectivity index (χ0n) is 16.4. The Morgan fingerprint density at radius 3 is 2.32 bits per heavy atom. The lowest BCUT2D eigenvalue weighted by atomic mass is 9.97. The first-order valence-corrected chi connectivity index (χ1v) is 9.19. The molecule has 148 valence electrons. The summed E-state index contributed by atoms with van der Waals surface area (Å²) in [5.74, 6) is -0.362. The molecule has 6 nitrogen and oxygen atoms in total. The summed E-state index contributed by atoms with van der Waals surface area (Å²) < 4.78 is 10.3. The van der Waals surface area contributed by atoms with E-state index in [1.165, 1.54) is 6.92 Å². The van der Waals surface area contributed by atoms with Crippen molar-refractivity contribution in [3.8, 4) is 5.75 Å². The Balaban J connectivity index is 1.80. The quantitative estimate of drug-likeness (QED) is 0.523. The fraction of sp³-hybridized carbons (Fsp3) is 0.318. The van der Waals surface area contributed by atoms with Crippen molar-refractivity contribution in [3.05, 3.63) is 59.7 Å². The normalized spacial score (nSPS) is 11.4. The molecule has 2 aromatic rings. The number of hydrogen-bond donors (Lipinski definition) is 1. The summed E-state index contributed by atoms with van der Waals surface area (Å²) in [6.45, 7) is 4.93. The van der Waals surface area contributed by atoms with Gasteiger partial charge < -0.3 is 14.8 Å². The zero-order chi connectivity index (χ0) is 20.5. The number of anilines is 1. The van der Waals surface area contributed by atoms with Gasteiger partial charge >= 0.3 is 5.97 Å². The van der Waals surface area contributed by atoms with Crippen LogP contribution in [0.15, 0.2) is 48.5 Å². The van der Waals surface area contributed by atoms with Crippen LogP contribution in [0.25, 0.3) is 0 Å². The number of amides is 1. The predicted octanol–water partition coefficient (Wildman–Crippen LogP) is 3.96. The van der Waals surface area contributed by atoms with Gasteiger partial charge in [0.2, 0.25) is 0 Å². The SMILES string of the molecule is CC[C@H](C)c1ccccc1NC(=O)COC(=O)COc1ccc(C(C)=O)cc1. The Labute approximate surface area is 164 Å². The average Bonchev–Trinajstić information content (AvgIpc) is 2.70. The van der Waals surface area contributed by atoms with Gasteiger partial charge in [0.25, 0.3) is 5.91 Å². The predicted molar refractivity (Wildman–Crippen MR) is 107 cm³/mol. The second-order valence-corrected chi connectivity index (χ2v) is 6.47. The molecule has 0 bridgehead atoms. The summed E-state index contributed by atoms with van der Waals surface area (Å²) in [5.41, 5.74) is 2.32. The van der Waals surface area contributed by atoms with E-state index in [1.54, 1.807) is 24.3 Å². The largest absolute Gasteiger partial charge is 0.482 e. The molecule has 0 saturated heterocycles. The Bertz CT molecular complexity index is 829. The number of benzene rings is 2. The third-order valence-electron chi connectivity index (χ3n) is 4.36. The number of Topliss-reactive ketones (excluding diaryl/α,β-unsaturated/α-hetero) is 1. The Morgan fingerprint density at radius 1 is 1.00 bits per heavy atom. The summed E-state index contributed by atoms with van der Waals surface area (Å²) in [4.78, 5) is 35.1. The van der Waals surface area contributed by atoms with Gasteiger partial charge in [-0.25, -0.2) is 4.79 Å². The van der Waals surface area contributed by atoms with Crippen LogP contribution in [-0.2, 0) is 14.3 Å².